The molecule has 0 saturated carbocycles. The van der Waals surface area contributed by atoms with E-state index in [1.807, 2.05) is 0 Å². The molecule has 0 aromatic carbocycles. The lowest BCUT2D eigenvalue weighted by molar-refractivity contribution is 0.260. The van der Waals surface area contributed by atoms with Gasteiger partial charge in [-0.05, 0) is 19.4 Å². The van der Waals surface area contributed by atoms with Crippen LogP contribution in [-0.2, 0) is 0 Å². The standard InChI is InChI=1S/C10H20N2O/c1-2-5-12-6-3-9(4-7-12)10(11)8-13/h3,10,13H,2,4-8,11H2,1H3. The molecule has 1 aliphatic rings. The van der Waals surface area contributed by atoms with Crippen molar-refractivity contribution in [2.75, 3.05) is 26.2 Å². The molecule has 3 nitrogen and oxygen atoms in total. The molecule has 1 aliphatic heterocycles. The highest BCUT2D eigenvalue weighted by Gasteiger charge is 2.14. The molecule has 13 heavy (non-hydrogen) atoms. The maximum atomic E-state index is 8.88. The van der Waals surface area contributed by atoms with Crippen molar-refractivity contribution in [2.24, 2.45) is 5.73 Å². The molecular formula is C10H20N2O. The number of aliphatic hydroxyl groups excluding tert-OH is 1. The summed E-state index contributed by atoms with van der Waals surface area (Å²) in [6, 6.07) is -0.135. The Labute approximate surface area is 80.2 Å². The molecule has 1 atom stereocenters. The van der Waals surface area contributed by atoms with Crippen LogP contribution in [0.3, 0.4) is 0 Å². The van der Waals surface area contributed by atoms with Crippen molar-refractivity contribution < 1.29 is 5.11 Å². The van der Waals surface area contributed by atoms with Crippen molar-refractivity contribution >= 4 is 0 Å². The first kappa shape index (κ1) is 10.7. The predicted molar refractivity (Wildman–Crippen MR) is 54.5 cm³/mol. The van der Waals surface area contributed by atoms with Crippen LogP contribution >= 0.6 is 0 Å². The van der Waals surface area contributed by atoms with Gasteiger partial charge in [0.1, 0.15) is 0 Å². The molecule has 3 N–H and O–H groups in total. The van der Waals surface area contributed by atoms with Crippen LogP contribution in [0.25, 0.3) is 0 Å². The summed E-state index contributed by atoms with van der Waals surface area (Å²) in [5, 5.41) is 8.88. The Morgan fingerprint density at radius 3 is 2.92 bits per heavy atom. The molecule has 0 saturated heterocycles. The molecular weight excluding hydrogens is 164 g/mol. The third kappa shape index (κ3) is 3.10. The third-order valence-corrected chi connectivity index (χ3v) is 2.54. The molecule has 1 unspecified atom stereocenters. The van der Waals surface area contributed by atoms with Crippen LogP contribution in [0.15, 0.2) is 11.6 Å². The second kappa shape index (κ2) is 5.37. The Morgan fingerprint density at radius 2 is 2.46 bits per heavy atom. The largest absolute Gasteiger partial charge is 0.394 e. The first-order valence-electron chi connectivity index (χ1n) is 5.05. The lowest BCUT2D eigenvalue weighted by atomic mass is 10.0. The molecule has 76 valence electrons. The molecule has 0 aromatic heterocycles. The van der Waals surface area contributed by atoms with E-state index in [2.05, 4.69) is 17.9 Å². The van der Waals surface area contributed by atoms with E-state index in [1.165, 1.54) is 12.0 Å². The second-order valence-electron chi connectivity index (χ2n) is 3.62. The Bertz CT molecular complexity index is 180. The zero-order chi connectivity index (χ0) is 9.68. The average molecular weight is 184 g/mol. The summed E-state index contributed by atoms with van der Waals surface area (Å²) in [6.45, 7) is 5.51. The minimum atomic E-state index is -0.135. The van der Waals surface area contributed by atoms with Crippen LogP contribution in [-0.4, -0.2) is 42.3 Å². The van der Waals surface area contributed by atoms with E-state index in [4.69, 9.17) is 10.8 Å². The van der Waals surface area contributed by atoms with E-state index in [0.717, 1.165) is 26.1 Å². The maximum Gasteiger partial charge on any atom is 0.0621 e. The zero-order valence-corrected chi connectivity index (χ0v) is 8.37. The van der Waals surface area contributed by atoms with Crippen molar-refractivity contribution in [1.29, 1.82) is 0 Å². The lowest BCUT2D eigenvalue weighted by Gasteiger charge is -2.27. The van der Waals surface area contributed by atoms with Gasteiger partial charge >= 0.3 is 0 Å². The van der Waals surface area contributed by atoms with Crippen LogP contribution in [0.4, 0.5) is 0 Å². The molecule has 0 aromatic rings. The van der Waals surface area contributed by atoms with Crippen LogP contribution in [0.1, 0.15) is 19.8 Å². The Kier molecular flexibility index (Phi) is 4.42. The van der Waals surface area contributed by atoms with Gasteiger partial charge in [-0.15, -0.1) is 0 Å². The second-order valence-corrected chi connectivity index (χ2v) is 3.62. The Balaban J connectivity index is 2.38. The molecule has 0 amide bonds. The van der Waals surface area contributed by atoms with Gasteiger partial charge in [-0.3, -0.25) is 4.90 Å². The molecule has 1 rings (SSSR count). The van der Waals surface area contributed by atoms with Crippen LogP contribution in [0.5, 0.6) is 0 Å². The molecule has 0 fully saturated rings. The van der Waals surface area contributed by atoms with E-state index in [1.54, 1.807) is 0 Å². The number of hydrogen-bond donors (Lipinski definition) is 2. The van der Waals surface area contributed by atoms with Gasteiger partial charge in [0.15, 0.2) is 0 Å². The monoisotopic (exact) mass is 184 g/mol. The molecule has 0 spiro atoms. The van der Waals surface area contributed by atoms with Gasteiger partial charge in [0.2, 0.25) is 0 Å². The summed E-state index contributed by atoms with van der Waals surface area (Å²) in [5.74, 6) is 0. The van der Waals surface area contributed by atoms with Gasteiger partial charge < -0.3 is 10.8 Å². The van der Waals surface area contributed by atoms with Crippen molar-refractivity contribution in [3.63, 3.8) is 0 Å². The maximum absolute atomic E-state index is 8.88. The number of nitrogens with two attached hydrogens (primary N) is 1. The van der Waals surface area contributed by atoms with Gasteiger partial charge in [-0.1, -0.05) is 18.6 Å². The Morgan fingerprint density at radius 1 is 1.69 bits per heavy atom. The average Bonchev–Trinajstić information content (AvgIpc) is 2.18. The van der Waals surface area contributed by atoms with Crippen molar-refractivity contribution in [1.82, 2.24) is 4.90 Å². The quantitative estimate of drug-likeness (QED) is 0.620. The molecule has 0 bridgehead atoms. The van der Waals surface area contributed by atoms with Gasteiger partial charge in [0.25, 0.3) is 0 Å². The van der Waals surface area contributed by atoms with Crippen molar-refractivity contribution in [3.8, 4) is 0 Å². The molecule has 0 aliphatic carbocycles. The van der Waals surface area contributed by atoms with Gasteiger partial charge in [0, 0.05) is 19.1 Å². The van der Waals surface area contributed by atoms with Crippen LogP contribution in [0.2, 0.25) is 0 Å². The number of aliphatic hydroxyl groups is 1. The van der Waals surface area contributed by atoms with E-state index >= 15 is 0 Å². The zero-order valence-electron chi connectivity index (χ0n) is 8.37. The third-order valence-electron chi connectivity index (χ3n) is 2.54. The smallest absolute Gasteiger partial charge is 0.0621 e. The summed E-state index contributed by atoms with van der Waals surface area (Å²) in [6.07, 6.45) is 4.39. The number of nitrogens with zero attached hydrogens (tertiary/aromatic N) is 1. The molecule has 3 heteroatoms. The summed E-state index contributed by atoms with van der Waals surface area (Å²) < 4.78 is 0. The summed E-state index contributed by atoms with van der Waals surface area (Å²) >= 11 is 0. The highest BCUT2D eigenvalue weighted by Crippen LogP contribution is 2.13. The van der Waals surface area contributed by atoms with E-state index in [-0.39, 0.29) is 12.6 Å². The normalized spacial score (nSPS) is 21.3. The SMILES string of the molecule is CCCN1CC=C(C(N)CO)CC1. The van der Waals surface area contributed by atoms with Gasteiger partial charge in [-0.25, -0.2) is 0 Å². The summed E-state index contributed by atoms with van der Waals surface area (Å²) in [5.41, 5.74) is 6.95. The summed E-state index contributed by atoms with van der Waals surface area (Å²) in [7, 11) is 0. The van der Waals surface area contributed by atoms with Crippen molar-refractivity contribution in [2.45, 2.75) is 25.8 Å². The minimum absolute atomic E-state index is 0.0691. The fraction of sp³-hybridized carbons (Fsp3) is 0.800. The molecule has 1 heterocycles. The highest BCUT2D eigenvalue weighted by molar-refractivity contribution is 5.13. The summed E-state index contributed by atoms with van der Waals surface area (Å²) in [4.78, 5) is 2.41. The van der Waals surface area contributed by atoms with Crippen molar-refractivity contribution in [3.05, 3.63) is 11.6 Å². The number of rotatable bonds is 4. The van der Waals surface area contributed by atoms with E-state index in [0.29, 0.717) is 0 Å². The predicted octanol–water partition coefficient (Wildman–Crippen LogP) is 0.348. The van der Waals surface area contributed by atoms with Crippen LogP contribution in [0, 0.1) is 0 Å². The van der Waals surface area contributed by atoms with Crippen LogP contribution < -0.4 is 5.73 Å². The fourth-order valence-corrected chi connectivity index (χ4v) is 1.70. The Hall–Kier alpha value is -0.380. The molecule has 0 radical (unpaired) electrons. The number of hydrogen-bond acceptors (Lipinski definition) is 3. The minimum Gasteiger partial charge on any atom is -0.394 e. The van der Waals surface area contributed by atoms with Gasteiger partial charge in [0.05, 0.1) is 6.61 Å². The van der Waals surface area contributed by atoms with E-state index < -0.39 is 0 Å². The lowest BCUT2D eigenvalue weighted by Crippen LogP contribution is -2.35. The first-order chi connectivity index (χ1) is 6.27. The van der Waals surface area contributed by atoms with Gasteiger partial charge in [-0.2, -0.15) is 0 Å². The van der Waals surface area contributed by atoms with E-state index in [9.17, 15) is 0 Å². The topological polar surface area (TPSA) is 49.5 Å². The highest BCUT2D eigenvalue weighted by atomic mass is 16.3. The fourth-order valence-electron chi connectivity index (χ4n) is 1.70. The first-order valence-corrected chi connectivity index (χ1v) is 5.05.